The second kappa shape index (κ2) is 9.27. The van der Waals surface area contributed by atoms with Crippen LogP contribution in [0.1, 0.15) is 46.5 Å². The second-order valence-corrected chi connectivity index (χ2v) is 6.11. The lowest BCUT2D eigenvalue weighted by atomic mass is 9.99. The molecule has 0 aliphatic carbocycles. The molecule has 2 heterocycles. The summed E-state index contributed by atoms with van der Waals surface area (Å²) in [6.07, 6.45) is 7.17. The van der Waals surface area contributed by atoms with Crippen LogP contribution in [0.4, 0.5) is 0 Å². The Hall–Kier alpha value is 0.310. The van der Waals surface area contributed by atoms with Gasteiger partial charge in [-0.1, -0.05) is 33.6 Å². The van der Waals surface area contributed by atoms with Gasteiger partial charge in [-0.3, -0.25) is 0 Å². The molecule has 2 aliphatic heterocycles. The van der Waals surface area contributed by atoms with Crippen molar-refractivity contribution in [1.29, 1.82) is 0 Å². The molecule has 102 valence electrons. The Balaban J connectivity index is 0.000000181. The molecule has 2 aliphatic rings. The number of rotatable bonds is 5. The topological polar surface area (TPSA) is 31.0 Å². The van der Waals surface area contributed by atoms with Gasteiger partial charge in [-0.15, -0.1) is 0 Å². The Morgan fingerprint density at radius 1 is 1.29 bits per heavy atom. The Kier molecular flexibility index (Phi) is 8.38. The van der Waals surface area contributed by atoms with E-state index in [2.05, 4.69) is 25.4 Å². The molecule has 0 aromatic carbocycles. The lowest BCUT2D eigenvalue weighted by molar-refractivity contribution is -0.212. The fourth-order valence-electron chi connectivity index (χ4n) is 1.77. The predicted octanol–water partition coefficient (Wildman–Crippen LogP) is 3.78. The molecule has 3 nitrogen and oxygen atoms in total. The van der Waals surface area contributed by atoms with Gasteiger partial charge >= 0.3 is 0 Å². The van der Waals surface area contributed by atoms with E-state index in [-0.39, 0.29) is 0 Å². The zero-order valence-corrected chi connectivity index (χ0v) is 12.4. The van der Waals surface area contributed by atoms with Crippen LogP contribution in [-0.4, -0.2) is 25.5 Å². The maximum atomic E-state index is 5.14. The third-order valence-corrected chi connectivity index (χ3v) is 4.17. The molecule has 2 rings (SSSR count). The molecule has 4 atom stereocenters. The largest absolute Gasteiger partial charge is 0.373 e. The van der Waals surface area contributed by atoms with E-state index in [9.17, 15) is 0 Å². The fraction of sp³-hybridized carbons (Fsp3) is 1.00. The summed E-state index contributed by atoms with van der Waals surface area (Å²) < 4.78 is 9.80. The molecule has 0 spiro atoms. The van der Waals surface area contributed by atoms with Gasteiger partial charge in [-0.25, -0.2) is 9.56 Å². The summed E-state index contributed by atoms with van der Waals surface area (Å²) in [4.78, 5) is 4.69. The van der Waals surface area contributed by atoms with E-state index in [4.69, 9.17) is 9.62 Å². The molecule has 0 radical (unpaired) electrons. The van der Waals surface area contributed by atoms with Crippen molar-refractivity contribution in [1.82, 2.24) is 0 Å². The third-order valence-electron chi connectivity index (χ3n) is 3.07. The van der Waals surface area contributed by atoms with E-state index in [0.29, 0.717) is 20.8 Å². The number of epoxide rings is 1. The van der Waals surface area contributed by atoms with Crippen LogP contribution in [0.3, 0.4) is 0 Å². The van der Waals surface area contributed by atoms with Gasteiger partial charge in [0.05, 0.1) is 28.1 Å². The van der Waals surface area contributed by atoms with E-state index in [1.54, 1.807) is 0 Å². The summed E-state index contributed by atoms with van der Waals surface area (Å²) in [5, 5.41) is 0. The number of hydrogen-bond acceptors (Lipinski definition) is 3. The zero-order chi connectivity index (χ0) is 12.5. The Labute approximate surface area is 107 Å². The maximum absolute atomic E-state index is 5.14. The number of ether oxygens (including phenoxy) is 1. The summed E-state index contributed by atoms with van der Waals surface area (Å²) in [5.41, 5.74) is 0. The van der Waals surface area contributed by atoms with Crippen molar-refractivity contribution in [3.8, 4) is 0 Å². The molecule has 0 amide bonds. The first-order chi connectivity index (χ1) is 8.22. The van der Waals surface area contributed by atoms with Gasteiger partial charge in [0.2, 0.25) is 0 Å². The van der Waals surface area contributed by atoms with Crippen molar-refractivity contribution in [2.75, 3.05) is 19.4 Å². The highest BCUT2D eigenvalue weighted by Gasteiger charge is 2.22. The Bertz CT molecular complexity index is 180. The van der Waals surface area contributed by atoms with Gasteiger partial charge in [0, 0.05) is 0 Å². The molecule has 4 heteroatoms. The zero-order valence-electron chi connectivity index (χ0n) is 11.4. The fourth-order valence-corrected chi connectivity index (χ4v) is 2.39. The minimum atomic E-state index is 0.560. The third kappa shape index (κ3) is 8.96. The first-order valence-corrected chi connectivity index (χ1v) is 7.96. The average molecular weight is 262 g/mol. The van der Waals surface area contributed by atoms with Gasteiger partial charge in [-0.05, 0) is 30.8 Å². The van der Waals surface area contributed by atoms with E-state index in [1.165, 1.54) is 31.8 Å². The smallest absolute Gasteiger partial charge is 0.0855 e. The van der Waals surface area contributed by atoms with E-state index in [1.807, 2.05) is 0 Å². The van der Waals surface area contributed by atoms with Crippen LogP contribution in [-0.2, 0) is 14.3 Å². The highest BCUT2D eigenvalue weighted by molar-refractivity contribution is 7.32. The van der Waals surface area contributed by atoms with Crippen molar-refractivity contribution in [3.05, 3.63) is 0 Å². The van der Waals surface area contributed by atoms with Gasteiger partial charge in [0.25, 0.3) is 0 Å². The maximum Gasteiger partial charge on any atom is 0.0855 e. The molecule has 0 bridgehead atoms. The van der Waals surface area contributed by atoms with Crippen LogP contribution in [0.25, 0.3) is 0 Å². The minimum Gasteiger partial charge on any atom is -0.373 e. The van der Waals surface area contributed by atoms with Gasteiger partial charge in [0.15, 0.2) is 0 Å². The van der Waals surface area contributed by atoms with Crippen LogP contribution >= 0.6 is 8.81 Å². The minimum absolute atomic E-state index is 0.560. The highest BCUT2D eigenvalue weighted by atomic mass is 31.1. The van der Waals surface area contributed by atoms with Crippen LogP contribution in [0.2, 0.25) is 0 Å². The standard InChI is InChI=1S/C9H18O.C4H9O2P/c1-3-4-8(2)5-6-9-7-10-9;1-4-2-5-6-7-3-4/h8-9H,3-7H2,1-2H3;4,7H,2-3H2,1H3. The Morgan fingerprint density at radius 2 is 2.06 bits per heavy atom. The van der Waals surface area contributed by atoms with Gasteiger partial charge in [-0.2, -0.15) is 0 Å². The molecule has 2 saturated heterocycles. The molecule has 0 N–H and O–H groups in total. The van der Waals surface area contributed by atoms with Crippen molar-refractivity contribution < 1.29 is 14.3 Å². The summed E-state index contributed by atoms with van der Waals surface area (Å²) in [6, 6.07) is 0. The summed E-state index contributed by atoms with van der Waals surface area (Å²) in [5.74, 6) is 1.61. The van der Waals surface area contributed by atoms with Gasteiger partial charge < -0.3 is 4.74 Å². The first kappa shape index (κ1) is 15.4. The summed E-state index contributed by atoms with van der Waals surface area (Å²) in [6.45, 7) is 8.55. The molecular weight excluding hydrogens is 235 g/mol. The van der Waals surface area contributed by atoms with Crippen molar-refractivity contribution in [2.24, 2.45) is 11.8 Å². The molecule has 4 unspecified atom stereocenters. The average Bonchev–Trinajstić information content (AvgIpc) is 3.12. The van der Waals surface area contributed by atoms with Crippen molar-refractivity contribution >= 4 is 8.81 Å². The van der Waals surface area contributed by atoms with Crippen LogP contribution < -0.4 is 0 Å². The van der Waals surface area contributed by atoms with E-state index < -0.39 is 0 Å². The lowest BCUT2D eigenvalue weighted by Gasteiger charge is -2.15. The van der Waals surface area contributed by atoms with Crippen LogP contribution in [0.15, 0.2) is 0 Å². The lowest BCUT2D eigenvalue weighted by Crippen LogP contribution is -2.11. The SMILES string of the molecule is CC1COOPC1.CCCC(C)CCC1CO1. The van der Waals surface area contributed by atoms with Crippen molar-refractivity contribution in [2.45, 2.75) is 52.6 Å². The highest BCUT2D eigenvalue weighted by Crippen LogP contribution is 2.22. The van der Waals surface area contributed by atoms with Gasteiger partial charge in [0.1, 0.15) is 0 Å². The monoisotopic (exact) mass is 262 g/mol. The van der Waals surface area contributed by atoms with Crippen LogP contribution in [0, 0.1) is 11.8 Å². The second-order valence-electron chi connectivity index (χ2n) is 5.25. The predicted molar refractivity (Wildman–Crippen MR) is 72.4 cm³/mol. The van der Waals surface area contributed by atoms with Crippen LogP contribution in [0.5, 0.6) is 0 Å². The summed E-state index contributed by atoms with van der Waals surface area (Å²) in [7, 11) is 0.560. The normalized spacial score (nSPS) is 30.5. The molecule has 17 heavy (non-hydrogen) atoms. The van der Waals surface area contributed by atoms with Crippen molar-refractivity contribution in [3.63, 3.8) is 0 Å². The molecule has 2 fully saturated rings. The number of hydrogen-bond donors (Lipinski definition) is 0. The summed E-state index contributed by atoms with van der Waals surface area (Å²) >= 11 is 0. The molecule has 0 aromatic heterocycles. The quantitative estimate of drug-likeness (QED) is 0.429. The van der Waals surface area contributed by atoms with E-state index >= 15 is 0 Å². The van der Waals surface area contributed by atoms with E-state index in [0.717, 1.165) is 19.1 Å². The molecule has 0 aromatic rings. The molecule has 0 saturated carbocycles. The first-order valence-electron chi connectivity index (χ1n) is 6.85. The molecular formula is C13H27O3P. The Morgan fingerprint density at radius 3 is 2.47 bits per heavy atom.